The van der Waals surface area contributed by atoms with Crippen molar-refractivity contribution in [3.8, 4) is 5.75 Å². The monoisotopic (exact) mass is 547 g/mol. The second kappa shape index (κ2) is 12.5. The number of aromatic nitrogens is 2. The lowest BCUT2D eigenvalue weighted by Crippen LogP contribution is -2.25. The Morgan fingerprint density at radius 2 is 1.87 bits per heavy atom. The minimum atomic E-state index is -4.04. The molecule has 0 bridgehead atoms. The quantitative estimate of drug-likeness (QED) is 0.342. The fraction of sp³-hybridized carbons (Fsp3) is 0.320. The molecular formula is C25H29F2N6O4S. The molecule has 0 aliphatic heterocycles. The molecule has 1 aromatic heterocycles. The van der Waals surface area contributed by atoms with Crippen molar-refractivity contribution in [2.75, 3.05) is 55.0 Å². The highest BCUT2D eigenvalue weighted by Crippen LogP contribution is 2.27. The molecule has 1 amide bonds. The van der Waals surface area contributed by atoms with Gasteiger partial charge in [-0.25, -0.2) is 27.0 Å². The summed E-state index contributed by atoms with van der Waals surface area (Å²) in [5.41, 5.74) is 0.807. The van der Waals surface area contributed by atoms with Crippen LogP contribution < -0.4 is 20.3 Å². The maximum atomic E-state index is 14.0. The number of sulfone groups is 1. The van der Waals surface area contributed by atoms with Crippen molar-refractivity contribution in [1.82, 2.24) is 14.9 Å². The van der Waals surface area contributed by atoms with Gasteiger partial charge in [0.25, 0.3) is 0 Å². The van der Waals surface area contributed by atoms with Crippen molar-refractivity contribution in [3.05, 3.63) is 60.3 Å². The first-order valence-corrected chi connectivity index (χ1v) is 13.4. The normalized spacial score (nSPS) is 11.1. The summed E-state index contributed by atoms with van der Waals surface area (Å²) in [7, 11) is -0.919. The van der Waals surface area contributed by atoms with Gasteiger partial charge in [-0.3, -0.25) is 0 Å². The van der Waals surface area contributed by atoms with E-state index >= 15 is 0 Å². The fourth-order valence-electron chi connectivity index (χ4n) is 3.31. The van der Waals surface area contributed by atoms with Gasteiger partial charge < -0.3 is 25.2 Å². The Hall–Kier alpha value is -4.00. The maximum absolute atomic E-state index is 14.0. The molecule has 0 spiro atoms. The number of benzene rings is 2. The van der Waals surface area contributed by atoms with Crippen LogP contribution in [-0.2, 0) is 9.84 Å². The van der Waals surface area contributed by atoms with Crippen LogP contribution in [0, 0.1) is 17.7 Å². The van der Waals surface area contributed by atoms with Crippen LogP contribution in [0.2, 0.25) is 0 Å². The second-order valence-corrected chi connectivity index (χ2v) is 10.3. The summed E-state index contributed by atoms with van der Waals surface area (Å²) in [4.78, 5) is 23.5. The molecule has 2 aromatic carbocycles. The van der Waals surface area contributed by atoms with E-state index in [1.54, 1.807) is 32.3 Å². The Balaban J connectivity index is 1.84. The predicted octanol–water partition coefficient (Wildman–Crippen LogP) is 4.09. The molecule has 0 fully saturated rings. The standard InChI is InChI=1S/C25H29F2N6O4S/c1-5-33(6-2)24-29-16-21(28-12-13-38(35,36)22-11-10-17(26)14-20(22)27)23(31-24)30-18-8-7-9-19(15-18)37-25(34)32(3)4/h7-11,14,16,28H,5-6,12-13H2,1-4H3,(H,29,30,31). The molecule has 3 aromatic rings. The van der Waals surface area contributed by atoms with Crippen LogP contribution >= 0.6 is 0 Å². The van der Waals surface area contributed by atoms with E-state index in [0.717, 1.165) is 12.1 Å². The third-order valence-corrected chi connectivity index (χ3v) is 7.06. The molecule has 0 saturated carbocycles. The molecule has 0 saturated heterocycles. The van der Waals surface area contributed by atoms with E-state index in [4.69, 9.17) is 4.74 Å². The summed E-state index contributed by atoms with van der Waals surface area (Å²) in [6, 6.07) is 10.2. The molecule has 2 N–H and O–H groups in total. The number of ether oxygens (including phenoxy) is 1. The molecule has 0 aliphatic rings. The van der Waals surface area contributed by atoms with E-state index < -0.39 is 38.2 Å². The average molecular weight is 548 g/mol. The smallest absolute Gasteiger partial charge is 0.409 e. The number of halogens is 2. The van der Waals surface area contributed by atoms with Gasteiger partial charge in [-0.2, -0.15) is 4.98 Å². The maximum Gasteiger partial charge on any atom is 0.414 e. The number of carbonyl (C=O) groups is 1. The van der Waals surface area contributed by atoms with Gasteiger partial charge in [0.05, 0.1) is 29.4 Å². The number of nitrogens with one attached hydrogen (secondary N) is 2. The number of hydrogen-bond acceptors (Lipinski definition) is 9. The Morgan fingerprint density at radius 3 is 2.53 bits per heavy atom. The zero-order valence-electron chi connectivity index (χ0n) is 21.5. The highest BCUT2D eigenvalue weighted by Gasteiger charge is 2.20. The van der Waals surface area contributed by atoms with Crippen molar-refractivity contribution in [3.63, 3.8) is 0 Å². The first kappa shape index (κ1) is 28.6. The van der Waals surface area contributed by atoms with Gasteiger partial charge >= 0.3 is 6.09 Å². The molecule has 0 unspecified atom stereocenters. The first-order valence-electron chi connectivity index (χ1n) is 11.8. The number of anilines is 4. The van der Waals surface area contributed by atoms with E-state index in [1.165, 1.54) is 11.1 Å². The van der Waals surface area contributed by atoms with Crippen molar-refractivity contribution >= 4 is 39.1 Å². The zero-order valence-corrected chi connectivity index (χ0v) is 22.3. The third kappa shape index (κ3) is 7.28. The largest absolute Gasteiger partial charge is 0.414 e. The summed E-state index contributed by atoms with van der Waals surface area (Å²) in [5, 5.41) is 6.07. The lowest BCUT2D eigenvalue weighted by atomic mass is 10.3. The van der Waals surface area contributed by atoms with Crippen molar-refractivity contribution in [2.45, 2.75) is 18.7 Å². The summed E-state index contributed by atoms with van der Waals surface area (Å²) < 4.78 is 57.7. The topological polar surface area (TPSA) is 117 Å². The highest BCUT2D eigenvalue weighted by atomic mass is 32.2. The van der Waals surface area contributed by atoms with Crippen LogP contribution in [0.4, 0.5) is 36.7 Å². The van der Waals surface area contributed by atoms with Crippen molar-refractivity contribution in [2.24, 2.45) is 0 Å². The summed E-state index contributed by atoms with van der Waals surface area (Å²) in [5.74, 6) is -1.52. The lowest BCUT2D eigenvalue weighted by molar-refractivity contribution is 0.172. The minimum absolute atomic E-state index is 0.105. The van der Waals surface area contributed by atoms with Crippen LogP contribution in [0.3, 0.4) is 0 Å². The SMILES string of the molecule is CCN(CC)c1ncc(NCCS(=O)(=O)c2ccc(F)cc2F)c(Nc2[c]c(OC(=O)N(C)C)ccc2)n1. The minimum Gasteiger partial charge on any atom is -0.409 e. The second-order valence-electron chi connectivity index (χ2n) is 8.24. The number of rotatable bonds is 11. The fourth-order valence-corrected chi connectivity index (χ4v) is 4.53. The molecular weight excluding hydrogens is 518 g/mol. The van der Waals surface area contributed by atoms with Gasteiger partial charge in [-0.15, -0.1) is 0 Å². The van der Waals surface area contributed by atoms with E-state index in [2.05, 4.69) is 26.7 Å². The van der Waals surface area contributed by atoms with Gasteiger partial charge in [0.2, 0.25) is 5.95 Å². The first-order chi connectivity index (χ1) is 18.0. The van der Waals surface area contributed by atoms with Gasteiger partial charge in [0.15, 0.2) is 15.7 Å². The van der Waals surface area contributed by atoms with Crippen LogP contribution in [0.5, 0.6) is 5.75 Å². The van der Waals surface area contributed by atoms with Crippen molar-refractivity contribution < 1.29 is 26.7 Å². The van der Waals surface area contributed by atoms with Gasteiger partial charge in [0, 0.05) is 39.8 Å². The summed E-state index contributed by atoms with van der Waals surface area (Å²) in [6.07, 6.45) is 0.940. The van der Waals surface area contributed by atoms with E-state index in [1.807, 2.05) is 18.7 Å². The lowest BCUT2D eigenvalue weighted by Gasteiger charge is -2.21. The van der Waals surface area contributed by atoms with Crippen LogP contribution in [0.25, 0.3) is 0 Å². The van der Waals surface area contributed by atoms with Crippen LogP contribution in [0.15, 0.2) is 47.5 Å². The molecule has 0 aliphatic carbocycles. The molecule has 10 nitrogen and oxygen atoms in total. The molecule has 38 heavy (non-hydrogen) atoms. The number of nitrogens with zero attached hydrogens (tertiary/aromatic N) is 4. The number of amides is 1. The predicted molar refractivity (Wildman–Crippen MR) is 141 cm³/mol. The summed E-state index contributed by atoms with van der Waals surface area (Å²) >= 11 is 0. The Bertz CT molecular complexity index is 1380. The Labute approximate surface area is 220 Å². The Morgan fingerprint density at radius 1 is 1.13 bits per heavy atom. The molecule has 203 valence electrons. The van der Waals surface area contributed by atoms with Crippen molar-refractivity contribution in [1.29, 1.82) is 0 Å². The molecule has 1 heterocycles. The van der Waals surface area contributed by atoms with Gasteiger partial charge in [-0.05, 0) is 38.1 Å². The van der Waals surface area contributed by atoms with Crippen LogP contribution in [-0.4, -0.2) is 68.9 Å². The highest BCUT2D eigenvalue weighted by molar-refractivity contribution is 7.91. The molecule has 3 rings (SSSR count). The summed E-state index contributed by atoms with van der Waals surface area (Å²) in [6.45, 7) is 5.13. The molecule has 1 radical (unpaired) electrons. The Kier molecular flexibility index (Phi) is 9.40. The zero-order chi connectivity index (χ0) is 27.9. The third-order valence-electron chi connectivity index (χ3n) is 5.32. The van der Waals surface area contributed by atoms with E-state index in [-0.39, 0.29) is 12.3 Å². The molecule has 0 atom stereocenters. The van der Waals surface area contributed by atoms with Gasteiger partial charge in [0.1, 0.15) is 22.3 Å². The van der Waals surface area contributed by atoms with E-state index in [9.17, 15) is 22.0 Å². The van der Waals surface area contributed by atoms with E-state index in [0.29, 0.717) is 42.3 Å². The average Bonchev–Trinajstić information content (AvgIpc) is 2.86. The van der Waals surface area contributed by atoms with Crippen LogP contribution in [0.1, 0.15) is 13.8 Å². The number of carbonyl (C=O) groups excluding carboxylic acids is 1. The number of hydrogen-bond donors (Lipinski definition) is 2. The van der Waals surface area contributed by atoms with Gasteiger partial charge in [-0.1, -0.05) is 6.07 Å². The molecule has 13 heteroatoms.